The first-order valence-corrected chi connectivity index (χ1v) is 4.95. The molecule has 0 saturated carbocycles. The van der Waals surface area contributed by atoms with Crippen molar-refractivity contribution >= 4 is 5.91 Å². The standard InChI is InChI=1S/C11H13F2NO3/c1-17-6-7(15)5-14-11(16)8-3-2-4-9(12)10(8)13/h2-4,7,15H,5-6H2,1H3,(H,14,16). The van der Waals surface area contributed by atoms with Crippen molar-refractivity contribution in [2.24, 2.45) is 0 Å². The van der Waals surface area contributed by atoms with Gasteiger partial charge >= 0.3 is 0 Å². The third-order valence-electron chi connectivity index (χ3n) is 2.05. The third-order valence-corrected chi connectivity index (χ3v) is 2.05. The summed E-state index contributed by atoms with van der Waals surface area (Å²) in [6, 6.07) is 3.32. The van der Waals surface area contributed by atoms with Crippen LogP contribution in [0.1, 0.15) is 10.4 Å². The molecule has 1 aromatic rings. The lowest BCUT2D eigenvalue weighted by Gasteiger charge is -2.11. The Balaban J connectivity index is 2.61. The Bertz CT molecular complexity index is 398. The van der Waals surface area contributed by atoms with Crippen LogP contribution >= 0.6 is 0 Å². The minimum absolute atomic E-state index is 0.0475. The molecule has 1 aromatic carbocycles. The van der Waals surface area contributed by atoms with Crippen LogP contribution in [0, 0.1) is 11.6 Å². The van der Waals surface area contributed by atoms with E-state index in [1.807, 2.05) is 0 Å². The van der Waals surface area contributed by atoms with Crippen molar-refractivity contribution in [2.75, 3.05) is 20.3 Å². The highest BCUT2D eigenvalue weighted by atomic mass is 19.2. The summed E-state index contributed by atoms with van der Waals surface area (Å²) in [6.45, 7) is -0.0471. The van der Waals surface area contributed by atoms with Crippen LogP contribution in [0.4, 0.5) is 8.78 Å². The minimum Gasteiger partial charge on any atom is -0.389 e. The first kappa shape index (κ1) is 13.5. The SMILES string of the molecule is COCC(O)CNC(=O)c1cccc(F)c1F. The summed E-state index contributed by atoms with van der Waals surface area (Å²) in [4.78, 5) is 11.5. The lowest BCUT2D eigenvalue weighted by molar-refractivity contribution is 0.0608. The number of methoxy groups -OCH3 is 1. The molecule has 4 nitrogen and oxygen atoms in total. The average Bonchev–Trinajstić information content (AvgIpc) is 2.30. The van der Waals surface area contributed by atoms with E-state index in [4.69, 9.17) is 0 Å². The van der Waals surface area contributed by atoms with Gasteiger partial charge in [-0.05, 0) is 12.1 Å². The molecule has 0 aromatic heterocycles. The van der Waals surface area contributed by atoms with Gasteiger partial charge in [0, 0.05) is 13.7 Å². The highest BCUT2D eigenvalue weighted by molar-refractivity contribution is 5.94. The Morgan fingerprint density at radius 3 is 2.88 bits per heavy atom. The number of rotatable bonds is 5. The van der Waals surface area contributed by atoms with Crippen molar-refractivity contribution in [2.45, 2.75) is 6.10 Å². The maximum absolute atomic E-state index is 13.2. The Hall–Kier alpha value is -1.53. The second-order valence-electron chi connectivity index (χ2n) is 3.42. The Morgan fingerprint density at radius 1 is 1.53 bits per heavy atom. The summed E-state index contributed by atoms with van der Waals surface area (Å²) in [5.41, 5.74) is -0.394. The van der Waals surface area contributed by atoms with Crippen LogP contribution < -0.4 is 5.32 Å². The van der Waals surface area contributed by atoms with Crippen molar-refractivity contribution in [3.05, 3.63) is 35.4 Å². The molecule has 0 bridgehead atoms. The van der Waals surface area contributed by atoms with Crippen molar-refractivity contribution in [1.29, 1.82) is 0 Å². The Kier molecular flexibility index (Phi) is 4.99. The van der Waals surface area contributed by atoms with Crippen molar-refractivity contribution in [3.8, 4) is 0 Å². The number of halogens is 2. The molecule has 17 heavy (non-hydrogen) atoms. The van der Waals surface area contributed by atoms with Gasteiger partial charge in [-0.3, -0.25) is 4.79 Å². The van der Waals surface area contributed by atoms with E-state index in [9.17, 15) is 18.7 Å². The van der Waals surface area contributed by atoms with Gasteiger partial charge in [0.15, 0.2) is 11.6 Å². The number of hydrogen-bond acceptors (Lipinski definition) is 3. The zero-order chi connectivity index (χ0) is 12.8. The first-order valence-electron chi connectivity index (χ1n) is 4.95. The van der Waals surface area contributed by atoms with Crippen LogP contribution in [0.5, 0.6) is 0 Å². The molecule has 6 heteroatoms. The van der Waals surface area contributed by atoms with E-state index in [-0.39, 0.29) is 13.2 Å². The number of nitrogens with one attached hydrogen (secondary N) is 1. The fourth-order valence-corrected chi connectivity index (χ4v) is 1.24. The quantitative estimate of drug-likeness (QED) is 0.803. The number of carbonyl (C=O) groups is 1. The van der Waals surface area contributed by atoms with E-state index >= 15 is 0 Å². The predicted molar refractivity (Wildman–Crippen MR) is 56.6 cm³/mol. The number of aliphatic hydroxyl groups is 1. The van der Waals surface area contributed by atoms with Crippen LogP contribution in [-0.4, -0.2) is 37.4 Å². The predicted octanol–water partition coefficient (Wildman–Crippen LogP) is 0.702. The summed E-state index contributed by atoms with van der Waals surface area (Å²) in [7, 11) is 1.40. The second-order valence-corrected chi connectivity index (χ2v) is 3.42. The lowest BCUT2D eigenvalue weighted by atomic mass is 10.2. The summed E-state index contributed by atoms with van der Waals surface area (Å²) >= 11 is 0. The number of hydrogen-bond donors (Lipinski definition) is 2. The molecule has 1 amide bonds. The van der Waals surface area contributed by atoms with E-state index in [1.165, 1.54) is 13.2 Å². The molecule has 0 heterocycles. The largest absolute Gasteiger partial charge is 0.389 e. The van der Waals surface area contributed by atoms with Crippen molar-refractivity contribution < 1.29 is 23.4 Å². The molecule has 0 aliphatic rings. The molecular formula is C11H13F2NO3. The van der Waals surface area contributed by atoms with Crippen LogP contribution in [0.25, 0.3) is 0 Å². The normalized spacial score (nSPS) is 12.2. The first-order chi connectivity index (χ1) is 8.06. The van der Waals surface area contributed by atoms with Gasteiger partial charge < -0.3 is 15.2 Å². The van der Waals surface area contributed by atoms with Gasteiger partial charge in [-0.15, -0.1) is 0 Å². The zero-order valence-electron chi connectivity index (χ0n) is 9.24. The zero-order valence-corrected chi connectivity index (χ0v) is 9.24. The molecule has 0 aliphatic heterocycles. The second kappa shape index (κ2) is 6.27. The van der Waals surface area contributed by atoms with E-state index in [2.05, 4.69) is 10.1 Å². The van der Waals surface area contributed by atoms with Gasteiger partial charge in [-0.25, -0.2) is 8.78 Å². The Morgan fingerprint density at radius 2 is 2.24 bits per heavy atom. The van der Waals surface area contributed by atoms with E-state index in [0.29, 0.717) is 0 Å². The molecule has 1 rings (SSSR count). The van der Waals surface area contributed by atoms with Gasteiger partial charge in [0.25, 0.3) is 5.91 Å². The molecule has 0 radical (unpaired) electrons. The number of carbonyl (C=O) groups excluding carboxylic acids is 1. The topological polar surface area (TPSA) is 58.6 Å². The van der Waals surface area contributed by atoms with Crippen LogP contribution in [0.2, 0.25) is 0 Å². The molecular weight excluding hydrogens is 232 g/mol. The Labute approximate surface area is 97.2 Å². The number of amides is 1. The van der Waals surface area contributed by atoms with Crippen LogP contribution in [-0.2, 0) is 4.74 Å². The highest BCUT2D eigenvalue weighted by Gasteiger charge is 2.15. The monoisotopic (exact) mass is 245 g/mol. The van der Waals surface area contributed by atoms with Crippen molar-refractivity contribution in [1.82, 2.24) is 5.32 Å². The fraction of sp³-hybridized carbons (Fsp3) is 0.364. The molecule has 0 aliphatic carbocycles. The molecule has 2 N–H and O–H groups in total. The van der Waals surface area contributed by atoms with Crippen LogP contribution in [0.15, 0.2) is 18.2 Å². The molecule has 1 atom stereocenters. The smallest absolute Gasteiger partial charge is 0.254 e. The van der Waals surface area contributed by atoms with Gasteiger partial charge in [-0.2, -0.15) is 0 Å². The summed E-state index contributed by atoms with van der Waals surface area (Å²) in [5, 5.41) is 11.5. The average molecular weight is 245 g/mol. The molecule has 0 spiro atoms. The van der Waals surface area contributed by atoms with E-state index < -0.39 is 29.2 Å². The minimum atomic E-state index is -1.20. The maximum Gasteiger partial charge on any atom is 0.254 e. The number of benzene rings is 1. The molecule has 1 unspecified atom stereocenters. The fourth-order valence-electron chi connectivity index (χ4n) is 1.24. The van der Waals surface area contributed by atoms with E-state index in [1.54, 1.807) is 0 Å². The third kappa shape index (κ3) is 3.76. The van der Waals surface area contributed by atoms with Gasteiger partial charge in [0.1, 0.15) is 0 Å². The molecule has 94 valence electrons. The van der Waals surface area contributed by atoms with Crippen LogP contribution in [0.3, 0.4) is 0 Å². The van der Waals surface area contributed by atoms with E-state index in [0.717, 1.165) is 12.1 Å². The maximum atomic E-state index is 13.2. The summed E-state index contributed by atoms with van der Waals surface area (Å²) in [6.07, 6.45) is -0.888. The number of aliphatic hydroxyl groups excluding tert-OH is 1. The highest BCUT2D eigenvalue weighted by Crippen LogP contribution is 2.10. The molecule has 0 saturated heterocycles. The van der Waals surface area contributed by atoms with Gasteiger partial charge in [0.2, 0.25) is 0 Å². The molecule has 0 fully saturated rings. The summed E-state index contributed by atoms with van der Waals surface area (Å²) in [5.74, 6) is -3.07. The summed E-state index contributed by atoms with van der Waals surface area (Å²) < 4.78 is 30.7. The van der Waals surface area contributed by atoms with Gasteiger partial charge in [-0.1, -0.05) is 6.07 Å². The van der Waals surface area contributed by atoms with Gasteiger partial charge in [0.05, 0.1) is 18.3 Å². The van der Waals surface area contributed by atoms with Crippen molar-refractivity contribution in [3.63, 3.8) is 0 Å². The lowest BCUT2D eigenvalue weighted by Crippen LogP contribution is -2.34. The number of ether oxygens (including phenoxy) is 1.